The predicted octanol–water partition coefficient (Wildman–Crippen LogP) is 1.69. The molecule has 3 nitrogen and oxygen atoms in total. The molecule has 0 amide bonds. The molecule has 1 rings (SSSR count). The average molecular weight is 211 g/mol. The lowest BCUT2D eigenvalue weighted by atomic mass is 10.0. The maximum absolute atomic E-state index is 11.1. The number of rotatable bonds is 3. The van der Waals surface area contributed by atoms with Gasteiger partial charge in [0.1, 0.15) is 0 Å². The number of ether oxygens (including phenoxy) is 1. The number of hydrogen-bond donors (Lipinski definition) is 0. The van der Waals surface area contributed by atoms with Crippen LogP contribution in [-0.2, 0) is 9.53 Å². The summed E-state index contributed by atoms with van der Waals surface area (Å²) in [6, 6.07) is 0. The van der Waals surface area contributed by atoms with E-state index in [4.69, 9.17) is 0 Å². The number of hydrogen-bond acceptors (Lipinski definition) is 3. The van der Waals surface area contributed by atoms with Gasteiger partial charge < -0.3 is 4.74 Å². The Hall–Kier alpha value is -0.830. The molecule has 1 fully saturated rings. The van der Waals surface area contributed by atoms with Gasteiger partial charge in [-0.1, -0.05) is 19.9 Å². The van der Waals surface area contributed by atoms with Crippen LogP contribution in [0.3, 0.4) is 0 Å². The Morgan fingerprint density at radius 1 is 1.40 bits per heavy atom. The molecule has 0 aromatic carbocycles. The number of carbonyl (C=O) groups is 1. The van der Waals surface area contributed by atoms with Gasteiger partial charge in [-0.15, -0.1) is 0 Å². The van der Waals surface area contributed by atoms with Gasteiger partial charge >= 0.3 is 5.97 Å². The van der Waals surface area contributed by atoms with E-state index in [1.807, 2.05) is 6.08 Å². The second-order valence-electron chi connectivity index (χ2n) is 4.55. The van der Waals surface area contributed by atoms with Gasteiger partial charge in [0.2, 0.25) is 0 Å². The fraction of sp³-hybridized carbons (Fsp3) is 0.750. The molecule has 2 unspecified atom stereocenters. The molecule has 0 N–H and O–H groups in total. The van der Waals surface area contributed by atoms with E-state index >= 15 is 0 Å². The summed E-state index contributed by atoms with van der Waals surface area (Å²) in [5.41, 5.74) is 0.699. The third kappa shape index (κ3) is 3.34. The molecule has 0 saturated carbocycles. The van der Waals surface area contributed by atoms with Gasteiger partial charge in [0.05, 0.1) is 7.11 Å². The number of nitrogens with zero attached hydrogens (tertiary/aromatic N) is 1. The van der Waals surface area contributed by atoms with Crippen LogP contribution in [0.1, 0.15) is 20.8 Å². The highest BCUT2D eigenvalue weighted by Crippen LogP contribution is 2.21. The van der Waals surface area contributed by atoms with E-state index in [1.165, 1.54) is 7.11 Å². The molecule has 1 aliphatic heterocycles. The highest BCUT2D eigenvalue weighted by molar-refractivity contribution is 5.87. The summed E-state index contributed by atoms with van der Waals surface area (Å²) in [7, 11) is 1.42. The molecule has 1 saturated heterocycles. The van der Waals surface area contributed by atoms with Crippen molar-refractivity contribution in [2.24, 2.45) is 11.8 Å². The van der Waals surface area contributed by atoms with Crippen LogP contribution < -0.4 is 0 Å². The van der Waals surface area contributed by atoms with Crippen molar-refractivity contribution < 1.29 is 9.53 Å². The maximum atomic E-state index is 11.1. The van der Waals surface area contributed by atoms with Gasteiger partial charge in [-0.25, -0.2) is 4.79 Å². The summed E-state index contributed by atoms with van der Waals surface area (Å²) in [6.45, 7) is 9.48. The number of methoxy groups -OCH3 is 1. The molecule has 1 aliphatic rings. The molecule has 86 valence electrons. The van der Waals surface area contributed by atoms with E-state index < -0.39 is 0 Å². The minimum atomic E-state index is -0.227. The van der Waals surface area contributed by atoms with Crippen LogP contribution in [0.15, 0.2) is 11.6 Å². The minimum Gasteiger partial charge on any atom is -0.466 e. The summed E-state index contributed by atoms with van der Waals surface area (Å²) in [4.78, 5) is 13.5. The molecular weight excluding hydrogens is 190 g/mol. The Labute approximate surface area is 92.1 Å². The molecule has 0 spiro atoms. The molecule has 0 bridgehead atoms. The van der Waals surface area contributed by atoms with Gasteiger partial charge in [-0.2, -0.15) is 0 Å². The Morgan fingerprint density at radius 2 is 1.93 bits per heavy atom. The summed E-state index contributed by atoms with van der Waals surface area (Å²) >= 11 is 0. The number of carbonyl (C=O) groups excluding carboxylic acids is 1. The second-order valence-corrected chi connectivity index (χ2v) is 4.55. The fourth-order valence-electron chi connectivity index (χ4n) is 1.91. The highest BCUT2D eigenvalue weighted by Gasteiger charge is 2.24. The van der Waals surface area contributed by atoms with Gasteiger partial charge in [-0.05, 0) is 18.8 Å². The Bertz CT molecular complexity index is 250. The van der Waals surface area contributed by atoms with Crippen molar-refractivity contribution in [3.05, 3.63) is 11.6 Å². The third-order valence-electron chi connectivity index (χ3n) is 3.23. The molecule has 2 atom stereocenters. The SMILES string of the molecule is COC(=O)C(C)=CCN1CC(C)C(C)C1. The first kappa shape index (κ1) is 12.2. The summed E-state index contributed by atoms with van der Waals surface area (Å²) in [5.74, 6) is 1.30. The van der Waals surface area contributed by atoms with E-state index in [0.717, 1.165) is 31.5 Å². The van der Waals surface area contributed by atoms with Crippen LogP contribution in [0.5, 0.6) is 0 Å². The van der Waals surface area contributed by atoms with E-state index in [2.05, 4.69) is 23.5 Å². The van der Waals surface area contributed by atoms with Crippen LogP contribution in [0.25, 0.3) is 0 Å². The van der Waals surface area contributed by atoms with E-state index in [-0.39, 0.29) is 5.97 Å². The van der Waals surface area contributed by atoms with Gasteiger partial charge in [0.15, 0.2) is 0 Å². The van der Waals surface area contributed by atoms with Crippen molar-refractivity contribution in [1.29, 1.82) is 0 Å². The average Bonchev–Trinajstić information content (AvgIpc) is 2.54. The molecular formula is C12H21NO2. The maximum Gasteiger partial charge on any atom is 0.333 e. The third-order valence-corrected chi connectivity index (χ3v) is 3.23. The fourth-order valence-corrected chi connectivity index (χ4v) is 1.91. The molecule has 3 heteroatoms. The first-order valence-electron chi connectivity index (χ1n) is 5.52. The van der Waals surface area contributed by atoms with E-state index in [0.29, 0.717) is 5.57 Å². The largest absolute Gasteiger partial charge is 0.466 e. The zero-order valence-electron chi connectivity index (χ0n) is 10.1. The number of likely N-dealkylation sites (tertiary alicyclic amines) is 1. The lowest BCUT2D eigenvalue weighted by Crippen LogP contribution is -2.21. The van der Waals surface area contributed by atoms with Crippen molar-refractivity contribution >= 4 is 5.97 Å². The minimum absolute atomic E-state index is 0.227. The van der Waals surface area contributed by atoms with Crippen LogP contribution >= 0.6 is 0 Å². The first-order chi connectivity index (χ1) is 7.04. The van der Waals surface area contributed by atoms with Gasteiger partial charge in [0, 0.05) is 25.2 Å². The van der Waals surface area contributed by atoms with Crippen molar-refractivity contribution in [3.63, 3.8) is 0 Å². The van der Waals surface area contributed by atoms with Crippen molar-refractivity contribution in [1.82, 2.24) is 4.90 Å². The van der Waals surface area contributed by atoms with Gasteiger partial charge in [-0.3, -0.25) is 4.90 Å². The van der Waals surface area contributed by atoms with Crippen molar-refractivity contribution in [3.8, 4) is 0 Å². The molecule has 0 aromatic heterocycles. The zero-order chi connectivity index (χ0) is 11.4. The zero-order valence-corrected chi connectivity index (χ0v) is 10.1. The lowest BCUT2D eigenvalue weighted by molar-refractivity contribution is -0.136. The molecule has 15 heavy (non-hydrogen) atoms. The van der Waals surface area contributed by atoms with E-state index in [9.17, 15) is 4.79 Å². The van der Waals surface area contributed by atoms with Crippen molar-refractivity contribution in [2.45, 2.75) is 20.8 Å². The first-order valence-corrected chi connectivity index (χ1v) is 5.52. The van der Waals surface area contributed by atoms with Crippen LogP contribution in [0, 0.1) is 11.8 Å². The Morgan fingerprint density at radius 3 is 2.40 bits per heavy atom. The topological polar surface area (TPSA) is 29.5 Å². The predicted molar refractivity (Wildman–Crippen MR) is 60.5 cm³/mol. The summed E-state index contributed by atoms with van der Waals surface area (Å²) in [6.07, 6.45) is 1.95. The molecule has 0 aromatic rings. The standard InChI is InChI=1S/C12H21NO2/c1-9(12(14)15-4)5-6-13-7-10(2)11(3)8-13/h5,10-11H,6-8H2,1-4H3. The summed E-state index contributed by atoms with van der Waals surface area (Å²) in [5, 5.41) is 0. The van der Waals surface area contributed by atoms with Crippen LogP contribution in [0.2, 0.25) is 0 Å². The van der Waals surface area contributed by atoms with Crippen LogP contribution in [0.4, 0.5) is 0 Å². The second kappa shape index (κ2) is 5.31. The van der Waals surface area contributed by atoms with Gasteiger partial charge in [0.25, 0.3) is 0 Å². The Balaban J connectivity index is 2.41. The Kier molecular flexibility index (Phi) is 4.33. The lowest BCUT2D eigenvalue weighted by Gasteiger charge is -2.12. The smallest absolute Gasteiger partial charge is 0.333 e. The number of esters is 1. The van der Waals surface area contributed by atoms with Crippen molar-refractivity contribution in [2.75, 3.05) is 26.7 Å². The monoisotopic (exact) mass is 211 g/mol. The molecule has 1 heterocycles. The quantitative estimate of drug-likeness (QED) is 0.525. The molecule has 0 radical (unpaired) electrons. The van der Waals surface area contributed by atoms with E-state index in [1.54, 1.807) is 6.92 Å². The normalized spacial score (nSPS) is 28.1. The van der Waals surface area contributed by atoms with Crippen LogP contribution in [-0.4, -0.2) is 37.6 Å². The highest BCUT2D eigenvalue weighted by atomic mass is 16.5. The molecule has 0 aliphatic carbocycles. The summed E-state index contributed by atoms with van der Waals surface area (Å²) < 4.78 is 4.64.